The van der Waals surface area contributed by atoms with Crippen LogP contribution in [0.5, 0.6) is 0 Å². The fourth-order valence-electron chi connectivity index (χ4n) is 1.06. The standard InChI is InChI=1S/C10H15N3O2/c1-12(2)9-7-8(5-6-11-9)10(14)13(3)15-4/h5-7H,1-4H3. The molecule has 1 aromatic rings. The van der Waals surface area contributed by atoms with Crippen molar-refractivity contribution in [1.82, 2.24) is 10.0 Å². The van der Waals surface area contributed by atoms with Crippen molar-refractivity contribution in [2.24, 2.45) is 0 Å². The molecule has 0 aliphatic carbocycles. The van der Waals surface area contributed by atoms with E-state index in [4.69, 9.17) is 4.84 Å². The first-order chi connectivity index (χ1) is 7.06. The first kappa shape index (κ1) is 11.5. The SMILES string of the molecule is CON(C)C(=O)c1ccnc(N(C)C)c1. The first-order valence-electron chi connectivity index (χ1n) is 4.51. The first-order valence-corrected chi connectivity index (χ1v) is 4.51. The molecule has 1 amide bonds. The van der Waals surface area contributed by atoms with Crippen molar-refractivity contribution in [2.45, 2.75) is 0 Å². The summed E-state index contributed by atoms with van der Waals surface area (Å²) < 4.78 is 0. The summed E-state index contributed by atoms with van der Waals surface area (Å²) in [5.74, 6) is 0.549. The number of hydroxylamine groups is 2. The van der Waals surface area contributed by atoms with Gasteiger partial charge in [-0.05, 0) is 12.1 Å². The summed E-state index contributed by atoms with van der Waals surface area (Å²) in [6.45, 7) is 0. The molecule has 0 saturated heterocycles. The smallest absolute Gasteiger partial charge is 0.277 e. The lowest BCUT2D eigenvalue weighted by Gasteiger charge is -2.15. The van der Waals surface area contributed by atoms with Crippen LogP contribution in [0.15, 0.2) is 18.3 Å². The molecule has 1 rings (SSSR count). The van der Waals surface area contributed by atoms with Crippen molar-refractivity contribution < 1.29 is 9.63 Å². The lowest BCUT2D eigenvalue weighted by molar-refractivity contribution is -0.0757. The molecule has 0 bridgehead atoms. The zero-order valence-electron chi connectivity index (χ0n) is 9.39. The number of nitrogens with zero attached hydrogens (tertiary/aromatic N) is 3. The van der Waals surface area contributed by atoms with Gasteiger partial charge in [-0.15, -0.1) is 0 Å². The Morgan fingerprint density at radius 1 is 1.40 bits per heavy atom. The number of carbonyl (C=O) groups excluding carboxylic acids is 1. The second-order valence-corrected chi connectivity index (χ2v) is 3.28. The molecule has 0 aromatic carbocycles. The van der Waals surface area contributed by atoms with Crippen LogP contribution in [0, 0.1) is 0 Å². The molecule has 5 nitrogen and oxygen atoms in total. The van der Waals surface area contributed by atoms with Crippen molar-refractivity contribution in [3.63, 3.8) is 0 Å². The van der Waals surface area contributed by atoms with E-state index in [0.29, 0.717) is 5.56 Å². The highest BCUT2D eigenvalue weighted by molar-refractivity contribution is 5.93. The van der Waals surface area contributed by atoms with Crippen molar-refractivity contribution in [3.8, 4) is 0 Å². The number of rotatable bonds is 3. The number of hydrogen-bond acceptors (Lipinski definition) is 4. The van der Waals surface area contributed by atoms with E-state index in [1.165, 1.54) is 12.2 Å². The maximum absolute atomic E-state index is 11.7. The van der Waals surface area contributed by atoms with Gasteiger partial charge in [0.15, 0.2) is 0 Å². The second-order valence-electron chi connectivity index (χ2n) is 3.28. The van der Waals surface area contributed by atoms with Crippen LogP contribution in [-0.4, -0.2) is 44.2 Å². The second kappa shape index (κ2) is 4.75. The van der Waals surface area contributed by atoms with E-state index < -0.39 is 0 Å². The minimum atomic E-state index is -0.192. The fraction of sp³-hybridized carbons (Fsp3) is 0.400. The molecule has 1 heterocycles. The van der Waals surface area contributed by atoms with Crippen molar-refractivity contribution in [3.05, 3.63) is 23.9 Å². The van der Waals surface area contributed by atoms with Crippen LogP contribution in [0.3, 0.4) is 0 Å². The number of anilines is 1. The van der Waals surface area contributed by atoms with E-state index in [0.717, 1.165) is 5.82 Å². The minimum Gasteiger partial charge on any atom is -0.363 e. The predicted molar refractivity (Wildman–Crippen MR) is 57.7 cm³/mol. The van der Waals surface area contributed by atoms with Gasteiger partial charge in [0.25, 0.3) is 5.91 Å². The summed E-state index contributed by atoms with van der Waals surface area (Å²) in [6, 6.07) is 3.38. The van der Waals surface area contributed by atoms with Gasteiger partial charge >= 0.3 is 0 Å². The zero-order valence-corrected chi connectivity index (χ0v) is 9.39. The van der Waals surface area contributed by atoms with E-state index in [2.05, 4.69) is 4.98 Å². The molecule has 0 unspecified atom stereocenters. The highest BCUT2D eigenvalue weighted by Gasteiger charge is 2.12. The van der Waals surface area contributed by atoms with Crippen molar-refractivity contribution in [2.75, 3.05) is 33.2 Å². The summed E-state index contributed by atoms with van der Waals surface area (Å²) in [7, 11) is 6.76. The van der Waals surface area contributed by atoms with Crippen LogP contribution in [0.1, 0.15) is 10.4 Å². The highest BCUT2D eigenvalue weighted by atomic mass is 16.7. The Hall–Kier alpha value is -1.62. The van der Waals surface area contributed by atoms with Gasteiger partial charge in [-0.2, -0.15) is 0 Å². The highest BCUT2D eigenvalue weighted by Crippen LogP contribution is 2.11. The predicted octanol–water partition coefficient (Wildman–Crippen LogP) is 0.781. The fourth-order valence-corrected chi connectivity index (χ4v) is 1.06. The summed E-state index contributed by atoms with van der Waals surface area (Å²) >= 11 is 0. The number of hydrogen-bond donors (Lipinski definition) is 0. The molecule has 0 aliphatic heterocycles. The Morgan fingerprint density at radius 2 is 2.07 bits per heavy atom. The van der Waals surface area contributed by atoms with Gasteiger partial charge in [0.05, 0.1) is 7.11 Å². The number of pyridine rings is 1. The molecule has 82 valence electrons. The lowest BCUT2D eigenvalue weighted by Crippen LogP contribution is -2.25. The molecule has 1 aromatic heterocycles. The van der Waals surface area contributed by atoms with E-state index in [9.17, 15) is 4.79 Å². The van der Waals surface area contributed by atoms with Gasteiger partial charge in [0.2, 0.25) is 0 Å². The van der Waals surface area contributed by atoms with E-state index in [1.54, 1.807) is 25.4 Å². The van der Waals surface area contributed by atoms with Crippen LogP contribution in [0.2, 0.25) is 0 Å². The normalized spacial score (nSPS) is 9.87. The van der Waals surface area contributed by atoms with Crippen molar-refractivity contribution >= 4 is 11.7 Å². The van der Waals surface area contributed by atoms with Gasteiger partial charge in [-0.25, -0.2) is 10.0 Å². The van der Waals surface area contributed by atoms with Crippen LogP contribution in [0.25, 0.3) is 0 Å². The monoisotopic (exact) mass is 209 g/mol. The van der Waals surface area contributed by atoms with Gasteiger partial charge in [-0.3, -0.25) is 9.63 Å². The van der Waals surface area contributed by atoms with Gasteiger partial charge < -0.3 is 4.90 Å². The van der Waals surface area contributed by atoms with E-state index in [-0.39, 0.29) is 5.91 Å². The Bertz CT molecular complexity index is 352. The van der Waals surface area contributed by atoms with Gasteiger partial charge in [-0.1, -0.05) is 0 Å². The summed E-state index contributed by atoms with van der Waals surface area (Å²) in [6.07, 6.45) is 1.60. The zero-order chi connectivity index (χ0) is 11.4. The molecule has 0 saturated carbocycles. The minimum absolute atomic E-state index is 0.192. The Kier molecular flexibility index (Phi) is 3.62. The molecule has 0 aliphatic rings. The van der Waals surface area contributed by atoms with Crippen LogP contribution < -0.4 is 4.90 Å². The molecule has 5 heteroatoms. The molecule has 0 radical (unpaired) electrons. The number of aromatic nitrogens is 1. The van der Waals surface area contributed by atoms with Gasteiger partial charge in [0, 0.05) is 32.9 Å². The van der Waals surface area contributed by atoms with Crippen molar-refractivity contribution in [1.29, 1.82) is 0 Å². The van der Waals surface area contributed by atoms with Gasteiger partial charge in [0.1, 0.15) is 5.82 Å². The van der Waals surface area contributed by atoms with E-state index in [1.807, 2.05) is 19.0 Å². The third-order valence-electron chi connectivity index (χ3n) is 2.01. The molecule has 0 fully saturated rings. The molecule has 0 atom stereocenters. The Balaban J connectivity index is 2.95. The number of amides is 1. The summed E-state index contributed by atoms with van der Waals surface area (Å²) in [5.41, 5.74) is 0.554. The third-order valence-corrected chi connectivity index (χ3v) is 2.01. The quantitative estimate of drug-likeness (QED) is 0.690. The average Bonchev–Trinajstić information content (AvgIpc) is 2.27. The maximum Gasteiger partial charge on any atom is 0.277 e. The summed E-state index contributed by atoms with van der Waals surface area (Å²) in [4.78, 5) is 22.5. The summed E-state index contributed by atoms with van der Waals surface area (Å²) in [5, 5.41) is 1.18. The topological polar surface area (TPSA) is 45.7 Å². The maximum atomic E-state index is 11.7. The van der Waals surface area contributed by atoms with Crippen LogP contribution in [0.4, 0.5) is 5.82 Å². The average molecular weight is 209 g/mol. The van der Waals surface area contributed by atoms with Crippen LogP contribution in [-0.2, 0) is 4.84 Å². The Labute approximate surface area is 89.2 Å². The Morgan fingerprint density at radius 3 is 2.60 bits per heavy atom. The molecular formula is C10H15N3O2. The molecular weight excluding hydrogens is 194 g/mol. The largest absolute Gasteiger partial charge is 0.363 e. The lowest BCUT2D eigenvalue weighted by atomic mass is 10.2. The molecule has 15 heavy (non-hydrogen) atoms. The van der Waals surface area contributed by atoms with E-state index >= 15 is 0 Å². The third kappa shape index (κ3) is 2.66. The number of carbonyl (C=O) groups is 1. The molecule has 0 N–H and O–H groups in total. The molecule has 0 spiro atoms. The van der Waals surface area contributed by atoms with Crippen LogP contribution >= 0.6 is 0 Å².